The molecule has 0 amide bonds. The van der Waals surface area contributed by atoms with Crippen molar-refractivity contribution in [1.29, 1.82) is 0 Å². The number of rotatable bonds is 2. The average Bonchev–Trinajstić information content (AvgIpc) is 2.59. The van der Waals surface area contributed by atoms with Crippen LogP contribution in [0.1, 0.15) is 18.5 Å². The number of aromatic amines is 1. The molecule has 3 N–H and O–H groups in total. The summed E-state index contributed by atoms with van der Waals surface area (Å²) < 4.78 is 2.27. The smallest absolute Gasteiger partial charge is 0.221 e. The number of nitrogen functional groups attached to an aromatic ring is 1. The van der Waals surface area contributed by atoms with Gasteiger partial charge in [-0.2, -0.15) is 0 Å². The number of nitrogens with one attached hydrogen (secondary N) is 1. The number of aromatic nitrogens is 4. The van der Waals surface area contributed by atoms with Gasteiger partial charge in [0.05, 0.1) is 6.04 Å². The van der Waals surface area contributed by atoms with Gasteiger partial charge in [0.2, 0.25) is 5.95 Å². The third-order valence-electron chi connectivity index (χ3n) is 2.29. The first-order chi connectivity index (χ1) is 7.20. The van der Waals surface area contributed by atoms with Crippen LogP contribution in [0.25, 0.3) is 0 Å². The van der Waals surface area contributed by atoms with Crippen LogP contribution in [0.2, 0.25) is 0 Å². The van der Waals surface area contributed by atoms with Gasteiger partial charge in [-0.25, -0.2) is 5.10 Å². The highest BCUT2D eigenvalue weighted by Crippen LogP contribution is 2.19. The fourth-order valence-electron chi connectivity index (χ4n) is 1.46. The molecule has 0 aromatic carbocycles. The Balaban J connectivity index is 2.45. The van der Waals surface area contributed by atoms with Crippen LogP contribution in [0.5, 0.6) is 0 Å². The summed E-state index contributed by atoms with van der Waals surface area (Å²) in [5.74, 6) is 0.386. The maximum Gasteiger partial charge on any atom is 0.221 e. The molecule has 2 heterocycles. The third kappa shape index (κ3) is 1.75. The van der Waals surface area contributed by atoms with Crippen molar-refractivity contribution in [1.82, 2.24) is 19.7 Å². The van der Waals surface area contributed by atoms with Gasteiger partial charge in [0, 0.05) is 12.4 Å². The number of hydrogen-bond acceptors (Lipinski definition) is 4. The predicted molar refractivity (Wildman–Crippen MR) is 59.9 cm³/mol. The van der Waals surface area contributed by atoms with Crippen molar-refractivity contribution < 1.29 is 0 Å². The van der Waals surface area contributed by atoms with Gasteiger partial charge in [0.15, 0.2) is 4.77 Å². The molecule has 6 heteroatoms. The normalized spacial score (nSPS) is 12.6. The predicted octanol–water partition coefficient (Wildman–Crippen LogP) is 1.53. The summed E-state index contributed by atoms with van der Waals surface area (Å²) in [5, 5.41) is 6.52. The molecule has 2 rings (SSSR count). The molecule has 5 nitrogen and oxygen atoms in total. The summed E-state index contributed by atoms with van der Waals surface area (Å²) in [4.78, 5) is 4.06. The first-order valence-corrected chi connectivity index (χ1v) is 4.93. The zero-order valence-electron chi connectivity index (χ0n) is 8.21. The van der Waals surface area contributed by atoms with Crippen molar-refractivity contribution in [3.05, 3.63) is 34.9 Å². The van der Waals surface area contributed by atoms with E-state index in [-0.39, 0.29) is 6.04 Å². The fourth-order valence-corrected chi connectivity index (χ4v) is 1.76. The van der Waals surface area contributed by atoms with Gasteiger partial charge in [-0.3, -0.25) is 9.55 Å². The van der Waals surface area contributed by atoms with Crippen LogP contribution in [0, 0.1) is 4.77 Å². The van der Waals surface area contributed by atoms with Gasteiger partial charge in [-0.15, -0.1) is 5.10 Å². The number of hydrogen-bond donors (Lipinski definition) is 2. The number of H-pyrrole nitrogens is 1. The molecule has 0 bridgehead atoms. The topological polar surface area (TPSA) is 72.5 Å². The van der Waals surface area contributed by atoms with E-state index >= 15 is 0 Å². The Hall–Kier alpha value is -1.69. The van der Waals surface area contributed by atoms with E-state index in [0.29, 0.717) is 10.7 Å². The summed E-state index contributed by atoms with van der Waals surface area (Å²) in [6.07, 6.45) is 3.52. The zero-order valence-corrected chi connectivity index (χ0v) is 9.03. The Morgan fingerprint density at radius 2 is 2.40 bits per heavy atom. The monoisotopic (exact) mass is 221 g/mol. The summed E-state index contributed by atoms with van der Waals surface area (Å²) >= 11 is 5.09. The van der Waals surface area contributed by atoms with Crippen molar-refractivity contribution >= 4 is 18.2 Å². The SMILES string of the molecule is CC(c1cccnc1)n1c(N)n[nH]c1=S. The molecule has 78 valence electrons. The quantitative estimate of drug-likeness (QED) is 0.754. The molecule has 0 saturated heterocycles. The third-order valence-corrected chi connectivity index (χ3v) is 2.57. The van der Waals surface area contributed by atoms with Crippen LogP contribution in [-0.4, -0.2) is 19.7 Å². The number of nitrogens with two attached hydrogens (primary N) is 1. The van der Waals surface area contributed by atoms with E-state index in [9.17, 15) is 0 Å². The minimum atomic E-state index is 0.0324. The van der Waals surface area contributed by atoms with Crippen LogP contribution in [0.3, 0.4) is 0 Å². The Bertz CT molecular complexity index is 501. The highest BCUT2D eigenvalue weighted by molar-refractivity contribution is 7.71. The lowest BCUT2D eigenvalue weighted by Gasteiger charge is -2.13. The fraction of sp³-hybridized carbons (Fsp3) is 0.222. The van der Waals surface area contributed by atoms with Gasteiger partial charge in [-0.05, 0) is 30.8 Å². The Morgan fingerprint density at radius 3 is 2.93 bits per heavy atom. The zero-order chi connectivity index (χ0) is 10.8. The minimum Gasteiger partial charge on any atom is -0.368 e. The van der Waals surface area contributed by atoms with Crippen molar-refractivity contribution in [2.24, 2.45) is 0 Å². The lowest BCUT2D eigenvalue weighted by atomic mass is 10.1. The molecule has 0 radical (unpaired) electrons. The molecule has 1 atom stereocenters. The van der Waals surface area contributed by atoms with Crippen molar-refractivity contribution in [3.8, 4) is 0 Å². The van der Waals surface area contributed by atoms with Gasteiger partial charge in [-0.1, -0.05) is 6.07 Å². The largest absolute Gasteiger partial charge is 0.368 e. The summed E-state index contributed by atoms with van der Waals surface area (Å²) in [5.41, 5.74) is 6.76. The van der Waals surface area contributed by atoms with Crippen molar-refractivity contribution in [2.45, 2.75) is 13.0 Å². The second-order valence-corrected chi connectivity index (χ2v) is 3.61. The molecule has 2 aromatic heterocycles. The lowest BCUT2D eigenvalue weighted by Crippen LogP contribution is -2.10. The second-order valence-electron chi connectivity index (χ2n) is 3.22. The molecule has 0 saturated carbocycles. The number of pyridine rings is 1. The number of nitrogens with zero attached hydrogens (tertiary/aromatic N) is 3. The Labute approximate surface area is 92.0 Å². The van der Waals surface area contributed by atoms with E-state index in [4.69, 9.17) is 18.0 Å². The van der Waals surface area contributed by atoms with Gasteiger partial charge < -0.3 is 5.73 Å². The first kappa shape index (κ1) is 9.85. The van der Waals surface area contributed by atoms with E-state index in [1.165, 1.54) is 0 Å². The van der Waals surface area contributed by atoms with Crippen LogP contribution in [0.15, 0.2) is 24.5 Å². The summed E-state index contributed by atoms with van der Waals surface area (Å²) in [7, 11) is 0. The molecule has 0 spiro atoms. The molecule has 1 unspecified atom stereocenters. The molecule has 2 aromatic rings. The molecule has 0 fully saturated rings. The summed E-state index contributed by atoms with van der Waals surface area (Å²) in [6, 6.07) is 3.89. The van der Waals surface area contributed by atoms with Crippen LogP contribution in [-0.2, 0) is 0 Å². The standard InChI is InChI=1S/C9H11N5S/c1-6(7-3-2-4-11-5-7)14-8(10)12-13-9(14)15/h2-6H,1H3,(H2,10,12)(H,13,15). The van der Waals surface area contributed by atoms with E-state index in [1.807, 2.05) is 19.1 Å². The van der Waals surface area contributed by atoms with Crippen LogP contribution >= 0.6 is 12.2 Å². The highest BCUT2D eigenvalue weighted by Gasteiger charge is 2.12. The van der Waals surface area contributed by atoms with Crippen LogP contribution < -0.4 is 5.73 Å². The van der Waals surface area contributed by atoms with Crippen LogP contribution in [0.4, 0.5) is 5.95 Å². The van der Waals surface area contributed by atoms with Gasteiger partial charge >= 0.3 is 0 Å². The van der Waals surface area contributed by atoms with E-state index in [2.05, 4.69) is 15.2 Å². The van der Waals surface area contributed by atoms with E-state index in [0.717, 1.165) is 5.56 Å². The molecular formula is C9H11N5S. The highest BCUT2D eigenvalue weighted by atomic mass is 32.1. The molecule has 0 aliphatic heterocycles. The average molecular weight is 221 g/mol. The summed E-state index contributed by atoms with van der Waals surface area (Å²) in [6.45, 7) is 2.00. The molecule has 15 heavy (non-hydrogen) atoms. The van der Waals surface area contributed by atoms with E-state index in [1.54, 1.807) is 17.0 Å². The molecule has 0 aliphatic carbocycles. The maximum atomic E-state index is 5.71. The number of anilines is 1. The van der Waals surface area contributed by atoms with E-state index < -0.39 is 0 Å². The minimum absolute atomic E-state index is 0.0324. The second kappa shape index (κ2) is 3.82. The Morgan fingerprint density at radius 1 is 1.60 bits per heavy atom. The van der Waals surface area contributed by atoms with Gasteiger partial charge in [0.25, 0.3) is 0 Å². The maximum absolute atomic E-state index is 5.71. The molecule has 0 aliphatic rings. The lowest BCUT2D eigenvalue weighted by molar-refractivity contribution is 0.635. The first-order valence-electron chi connectivity index (χ1n) is 4.52. The van der Waals surface area contributed by atoms with Crippen molar-refractivity contribution in [3.63, 3.8) is 0 Å². The Kier molecular flexibility index (Phi) is 2.51. The molecular weight excluding hydrogens is 210 g/mol. The van der Waals surface area contributed by atoms with Gasteiger partial charge in [0.1, 0.15) is 0 Å². The van der Waals surface area contributed by atoms with Crippen molar-refractivity contribution in [2.75, 3.05) is 5.73 Å².